The van der Waals surface area contributed by atoms with Gasteiger partial charge in [0, 0.05) is 0 Å². The summed E-state index contributed by atoms with van der Waals surface area (Å²) in [5, 5.41) is 3.21. The van der Waals surface area contributed by atoms with Crippen LogP contribution in [0.25, 0.3) is 4.95 Å². The highest BCUT2D eigenvalue weighted by Gasteiger charge is 2.15. The van der Waals surface area contributed by atoms with Crippen molar-refractivity contribution in [3.63, 3.8) is 0 Å². The van der Waals surface area contributed by atoms with E-state index in [2.05, 4.69) is 32.8 Å². The molecular weight excluding hydrogens is 291 g/mol. The maximum Gasteiger partial charge on any atom is 0.262 e. The number of hydrogen-bond donors (Lipinski definition) is 2. The Morgan fingerprint density at radius 1 is 1.09 bits per heavy atom. The molecule has 5 heteroatoms. The Balaban J connectivity index is 2.21. The van der Waals surface area contributed by atoms with E-state index in [4.69, 9.17) is 6.57 Å². The molecule has 23 heavy (non-hydrogen) atoms. The van der Waals surface area contributed by atoms with Crippen LogP contribution in [0.1, 0.15) is 17.2 Å². The molecule has 0 radical (unpaired) electrons. The number of guanidine groups is 1. The zero-order chi connectivity index (χ0) is 16.3. The molecule has 2 aromatic carbocycles. The van der Waals surface area contributed by atoms with E-state index in [9.17, 15) is 4.39 Å². The van der Waals surface area contributed by atoms with Crippen LogP contribution in [0.5, 0.6) is 0 Å². The van der Waals surface area contributed by atoms with Crippen LogP contribution < -0.4 is 10.7 Å². The lowest BCUT2D eigenvalue weighted by Crippen LogP contribution is -2.37. The maximum atomic E-state index is 12.4. The molecule has 0 aliphatic heterocycles. The van der Waals surface area contributed by atoms with Gasteiger partial charge in [-0.15, -0.1) is 0 Å². The van der Waals surface area contributed by atoms with Gasteiger partial charge in [-0.2, -0.15) is 11.5 Å². The minimum atomic E-state index is -0.556. The number of alkyl halides is 1. The fourth-order valence-electron chi connectivity index (χ4n) is 2.27. The predicted octanol–water partition coefficient (Wildman–Crippen LogP) is 3.31. The first kappa shape index (κ1) is 16.5. The van der Waals surface area contributed by atoms with Gasteiger partial charge in [0.2, 0.25) is 0 Å². The van der Waals surface area contributed by atoms with E-state index in [1.54, 1.807) is 0 Å². The standard InChI is InChI=1S/C18H19FN4/c1-20-23-18(21-13-12-19)22-17(16-10-6-3-7-11-16)14-15-8-4-2-5-9-15/h2-11,17H,12-14H2,(H2,21,22,23). The molecule has 0 aliphatic carbocycles. The molecule has 4 nitrogen and oxygen atoms in total. The molecule has 0 saturated carbocycles. The first-order valence-corrected chi connectivity index (χ1v) is 7.41. The Morgan fingerprint density at radius 2 is 1.74 bits per heavy atom. The molecule has 0 aliphatic rings. The molecule has 0 bridgehead atoms. The van der Waals surface area contributed by atoms with Crippen molar-refractivity contribution in [3.05, 3.63) is 83.3 Å². The lowest BCUT2D eigenvalue weighted by Gasteiger charge is -2.20. The lowest BCUT2D eigenvalue weighted by atomic mass is 9.99. The molecule has 0 saturated heterocycles. The molecule has 2 N–H and O–H groups in total. The number of benzene rings is 2. The van der Waals surface area contributed by atoms with E-state index in [0.717, 1.165) is 12.0 Å². The molecule has 0 amide bonds. The molecular formula is C18H19FN4. The van der Waals surface area contributed by atoms with Gasteiger partial charge in [0.15, 0.2) is 0 Å². The SMILES string of the molecule is [C-]#[N+]NC(=NCCF)NC(Cc1ccccc1)c1ccccc1. The normalized spacial score (nSPS) is 12.3. The van der Waals surface area contributed by atoms with Crippen molar-refractivity contribution in [2.45, 2.75) is 12.5 Å². The topological polar surface area (TPSA) is 40.8 Å². The van der Waals surface area contributed by atoms with E-state index in [1.165, 1.54) is 5.56 Å². The van der Waals surface area contributed by atoms with Gasteiger partial charge in [-0.1, -0.05) is 66.1 Å². The number of rotatable bonds is 6. The third-order valence-electron chi connectivity index (χ3n) is 3.31. The summed E-state index contributed by atoms with van der Waals surface area (Å²) in [4.78, 5) is 7.17. The van der Waals surface area contributed by atoms with Crippen LogP contribution in [0.2, 0.25) is 0 Å². The second-order valence-electron chi connectivity index (χ2n) is 4.94. The Labute approximate surface area is 135 Å². The molecule has 2 rings (SSSR count). The minimum absolute atomic E-state index is 0.0255. The summed E-state index contributed by atoms with van der Waals surface area (Å²) in [7, 11) is 0. The number of nitrogens with zero attached hydrogens (tertiary/aromatic N) is 2. The van der Waals surface area contributed by atoms with E-state index < -0.39 is 6.67 Å². The van der Waals surface area contributed by atoms with Crippen molar-refractivity contribution in [3.8, 4) is 0 Å². The van der Waals surface area contributed by atoms with Gasteiger partial charge in [0.25, 0.3) is 5.96 Å². The molecule has 1 atom stereocenters. The van der Waals surface area contributed by atoms with Crippen molar-refractivity contribution in [2.75, 3.05) is 13.2 Å². The van der Waals surface area contributed by atoms with E-state index >= 15 is 0 Å². The zero-order valence-electron chi connectivity index (χ0n) is 12.7. The fraction of sp³-hybridized carbons (Fsp3) is 0.222. The first-order chi connectivity index (χ1) is 11.3. The zero-order valence-corrected chi connectivity index (χ0v) is 12.7. The van der Waals surface area contributed by atoms with Crippen LogP contribution in [-0.4, -0.2) is 19.2 Å². The summed E-state index contributed by atoms with van der Waals surface area (Å²) in [6, 6.07) is 19.9. The second-order valence-corrected chi connectivity index (χ2v) is 4.94. The van der Waals surface area contributed by atoms with E-state index in [0.29, 0.717) is 5.96 Å². The van der Waals surface area contributed by atoms with Crippen molar-refractivity contribution >= 4 is 5.96 Å². The molecule has 0 spiro atoms. The summed E-state index contributed by atoms with van der Waals surface area (Å²) >= 11 is 0. The van der Waals surface area contributed by atoms with Gasteiger partial charge >= 0.3 is 0 Å². The molecule has 1 unspecified atom stereocenters. The Morgan fingerprint density at radius 3 is 2.35 bits per heavy atom. The van der Waals surface area contributed by atoms with Gasteiger partial charge in [0.1, 0.15) is 6.67 Å². The highest BCUT2D eigenvalue weighted by molar-refractivity contribution is 5.80. The minimum Gasteiger partial charge on any atom is -0.344 e. The van der Waals surface area contributed by atoms with Crippen LogP contribution in [0.4, 0.5) is 4.39 Å². The van der Waals surface area contributed by atoms with Gasteiger partial charge < -0.3 is 5.32 Å². The number of hydrogen-bond acceptors (Lipinski definition) is 1. The number of aliphatic imine (C=N–C) groups is 1. The average Bonchev–Trinajstić information content (AvgIpc) is 2.61. The van der Waals surface area contributed by atoms with Gasteiger partial charge in [-0.3, -0.25) is 0 Å². The van der Waals surface area contributed by atoms with Crippen molar-refractivity contribution in [1.82, 2.24) is 10.7 Å². The summed E-state index contributed by atoms with van der Waals surface area (Å²) in [5.41, 5.74) is 4.72. The third kappa shape index (κ3) is 5.44. The Bertz CT molecular complexity index is 650. The average molecular weight is 310 g/mol. The summed E-state index contributed by atoms with van der Waals surface area (Å²) in [6.07, 6.45) is 0.735. The quantitative estimate of drug-likeness (QED) is 0.372. The van der Waals surface area contributed by atoms with E-state index in [1.807, 2.05) is 48.5 Å². The highest BCUT2D eigenvalue weighted by Crippen LogP contribution is 2.18. The summed E-state index contributed by atoms with van der Waals surface area (Å²) < 4.78 is 12.4. The van der Waals surface area contributed by atoms with Crippen LogP contribution in [0, 0.1) is 6.57 Å². The molecule has 0 fully saturated rings. The van der Waals surface area contributed by atoms with Crippen LogP contribution in [0.3, 0.4) is 0 Å². The fourth-order valence-corrected chi connectivity index (χ4v) is 2.27. The molecule has 118 valence electrons. The summed E-state index contributed by atoms with van der Waals surface area (Å²) in [6.45, 7) is 6.41. The van der Waals surface area contributed by atoms with Gasteiger partial charge in [0.05, 0.1) is 12.6 Å². The molecule has 0 aromatic heterocycles. The van der Waals surface area contributed by atoms with Crippen molar-refractivity contribution in [1.29, 1.82) is 0 Å². The first-order valence-electron chi connectivity index (χ1n) is 7.41. The smallest absolute Gasteiger partial charge is 0.262 e. The summed E-state index contributed by atoms with van der Waals surface area (Å²) in [5.74, 6) is 0.294. The Kier molecular flexibility index (Phi) is 6.61. The third-order valence-corrected chi connectivity index (χ3v) is 3.31. The molecule has 2 aromatic rings. The van der Waals surface area contributed by atoms with Gasteiger partial charge in [-0.05, 0) is 17.5 Å². The van der Waals surface area contributed by atoms with E-state index in [-0.39, 0.29) is 12.6 Å². The van der Waals surface area contributed by atoms with Gasteiger partial charge in [-0.25, -0.2) is 9.38 Å². The van der Waals surface area contributed by atoms with Crippen molar-refractivity contribution < 1.29 is 4.39 Å². The second kappa shape index (κ2) is 9.21. The molecule has 0 heterocycles. The lowest BCUT2D eigenvalue weighted by molar-refractivity contribution is 0.503. The van der Waals surface area contributed by atoms with Crippen LogP contribution >= 0.6 is 0 Å². The number of halogens is 1. The highest BCUT2D eigenvalue weighted by atomic mass is 19.1. The maximum absolute atomic E-state index is 12.4. The number of nitrogens with one attached hydrogen (secondary N) is 2. The largest absolute Gasteiger partial charge is 0.344 e. The van der Waals surface area contributed by atoms with Crippen LogP contribution in [-0.2, 0) is 6.42 Å². The monoisotopic (exact) mass is 310 g/mol. The van der Waals surface area contributed by atoms with Crippen LogP contribution in [0.15, 0.2) is 65.7 Å². The Hall–Kier alpha value is -2.87. The predicted molar refractivity (Wildman–Crippen MR) is 90.5 cm³/mol. The van der Waals surface area contributed by atoms with Crippen molar-refractivity contribution in [2.24, 2.45) is 4.99 Å².